The maximum absolute atomic E-state index is 12.5. The monoisotopic (exact) mass is 292 g/mol. The van der Waals surface area contributed by atoms with E-state index in [-0.39, 0.29) is 11.9 Å². The molecule has 1 N–H and O–H groups in total. The first-order valence-corrected chi connectivity index (χ1v) is 8.69. The summed E-state index contributed by atoms with van der Waals surface area (Å²) in [5.41, 5.74) is 0. The van der Waals surface area contributed by atoms with Crippen LogP contribution in [0.25, 0.3) is 0 Å². The van der Waals surface area contributed by atoms with Crippen LogP contribution in [0.5, 0.6) is 0 Å². The molecular formula is C16H24N2OS. The fourth-order valence-corrected chi connectivity index (χ4v) is 3.93. The number of carbonyl (C=O) groups is 1. The second kappa shape index (κ2) is 6.27. The maximum Gasteiger partial charge on any atom is 0.237 e. The molecule has 1 saturated carbocycles. The van der Waals surface area contributed by atoms with Crippen molar-refractivity contribution in [1.29, 1.82) is 0 Å². The molecule has 2 fully saturated rings. The molecule has 2 aliphatic rings. The molecular weight excluding hydrogens is 268 g/mol. The van der Waals surface area contributed by atoms with Crippen molar-refractivity contribution in [2.45, 2.75) is 44.6 Å². The van der Waals surface area contributed by atoms with E-state index in [9.17, 15) is 4.79 Å². The van der Waals surface area contributed by atoms with Gasteiger partial charge in [0.05, 0.1) is 6.04 Å². The molecule has 0 radical (unpaired) electrons. The fraction of sp³-hybridized carbons (Fsp3) is 0.688. The third-order valence-electron chi connectivity index (χ3n) is 4.48. The van der Waals surface area contributed by atoms with E-state index in [1.807, 2.05) is 0 Å². The van der Waals surface area contributed by atoms with E-state index in [0.29, 0.717) is 11.8 Å². The summed E-state index contributed by atoms with van der Waals surface area (Å²) in [5, 5.41) is 5.30. The molecule has 1 aliphatic heterocycles. The third kappa shape index (κ3) is 3.23. The number of likely N-dealkylation sites (tertiary alicyclic amines) is 1. The Kier molecular flexibility index (Phi) is 4.41. The predicted molar refractivity (Wildman–Crippen MR) is 83.1 cm³/mol. The Bertz CT molecular complexity index is 435. The highest BCUT2D eigenvalue weighted by Gasteiger charge is 2.40. The lowest BCUT2D eigenvalue weighted by Gasteiger charge is -2.27. The molecule has 1 aromatic heterocycles. The van der Waals surface area contributed by atoms with Crippen molar-refractivity contribution < 1.29 is 4.79 Å². The Balaban J connectivity index is 1.54. The minimum absolute atomic E-state index is 0.146. The van der Waals surface area contributed by atoms with Crippen molar-refractivity contribution in [2.24, 2.45) is 5.92 Å². The molecule has 0 bridgehead atoms. The topological polar surface area (TPSA) is 32.3 Å². The molecule has 1 amide bonds. The lowest BCUT2D eigenvalue weighted by atomic mass is 10.1. The quantitative estimate of drug-likeness (QED) is 0.874. The molecule has 1 saturated heterocycles. The van der Waals surface area contributed by atoms with Crippen LogP contribution in [-0.4, -0.2) is 36.5 Å². The number of amides is 1. The zero-order valence-corrected chi connectivity index (χ0v) is 13.0. The van der Waals surface area contributed by atoms with Crippen LogP contribution in [0.2, 0.25) is 0 Å². The Hall–Kier alpha value is -0.870. The van der Waals surface area contributed by atoms with E-state index in [1.54, 1.807) is 11.3 Å². The lowest BCUT2D eigenvalue weighted by molar-refractivity contribution is -0.126. The van der Waals surface area contributed by atoms with E-state index in [2.05, 4.69) is 34.7 Å². The zero-order chi connectivity index (χ0) is 13.9. The van der Waals surface area contributed by atoms with Gasteiger partial charge < -0.3 is 5.32 Å². The largest absolute Gasteiger partial charge is 0.354 e. The smallest absolute Gasteiger partial charge is 0.237 e. The number of hydrogen-bond donors (Lipinski definition) is 1. The van der Waals surface area contributed by atoms with Gasteiger partial charge in [-0.25, -0.2) is 0 Å². The van der Waals surface area contributed by atoms with Gasteiger partial charge >= 0.3 is 0 Å². The van der Waals surface area contributed by atoms with Gasteiger partial charge in [0.1, 0.15) is 0 Å². The van der Waals surface area contributed by atoms with E-state index in [4.69, 9.17) is 0 Å². The van der Waals surface area contributed by atoms with Crippen LogP contribution in [0.15, 0.2) is 17.5 Å². The first-order valence-electron chi connectivity index (χ1n) is 7.81. The highest BCUT2D eigenvalue weighted by molar-refractivity contribution is 7.10. The molecule has 20 heavy (non-hydrogen) atoms. The van der Waals surface area contributed by atoms with E-state index < -0.39 is 0 Å². The standard InChI is InChI=1S/C16H24N2OS/c1-12(14-5-4-10-20-14)11-17-16(19)15(13-6-7-13)18-8-2-3-9-18/h4-5,10,12-13,15H,2-3,6-9,11H2,1H3,(H,17,19)/t12-,15-/m1/s1. The first-order chi connectivity index (χ1) is 9.75. The number of rotatable bonds is 6. The van der Waals surface area contributed by atoms with Crippen molar-refractivity contribution in [1.82, 2.24) is 10.2 Å². The van der Waals surface area contributed by atoms with Gasteiger partial charge in [0.2, 0.25) is 5.91 Å². The number of carbonyl (C=O) groups excluding carboxylic acids is 1. The molecule has 110 valence electrons. The molecule has 0 aromatic carbocycles. The summed E-state index contributed by atoms with van der Waals surface area (Å²) < 4.78 is 0. The lowest BCUT2D eigenvalue weighted by Crippen LogP contribution is -2.47. The van der Waals surface area contributed by atoms with Crippen molar-refractivity contribution in [3.63, 3.8) is 0 Å². The van der Waals surface area contributed by atoms with Crippen LogP contribution >= 0.6 is 11.3 Å². The van der Waals surface area contributed by atoms with Gasteiger partial charge in [-0.15, -0.1) is 11.3 Å². The average molecular weight is 292 g/mol. The molecule has 3 rings (SSSR count). The van der Waals surface area contributed by atoms with Crippen LogP contribution in [0, 0.1) is 5.92 Å². The second-order valence-electron chi connectivity index (χ2n) is 6.19. The van der Waals surface area contributed by atoms with Gasteiger partial charge in [0, 0.05) is 17.3 Å². The van der Waals surface area contributed by atoms with Gasteiger partial charge in [-0.1, -0.05) is 13.0 Å². The predicted octanol–water partition coefficient (Wildman–Crippen LogP) is 2.84. The van der Waals surface area contributed by atoms with E-state index >= 15 is 0 Å². The van der Waals surface area contributed by atoms with Crippen molar-refractivity contribution >= 4 is 17.2 Å². The van der Waals surface area contributed by atoms with Crippen molar-refractivity contribution in [2.75, 3.05) is 19.6 Å². The maximum atomic E-state index is 12.5. The fourth-order valence-electron chi connectivity index (χ4n) is 3.14. The van der Waals surface area contributed by atoms with Crippen LogP contribution in [0.4, 0.5) is 0 Å². The van der Waals surface area contributed by atoms with Gasteiger partial charge in [-0.2, -0.15) is 0 Å². The molecule has 2 heterocycles. The van der Waals surface area contributed by atoms with E-state index in [0.717, 1.165) is 19.6 Å². The number of nitrogens with one attached hydrogen (secondary N) is 1. The zero-order valence-electron chi connectivity index (χ0n) is 12.2. The highest BCUT2D eigenvalue weighted by Crippen LogP contribution is 2.36. The molecule has 4 heteroatoms. The van der Waals surface area contributed by atoms with Gasteiger partial charge in [0.15, 0.2) is 0 Å². The summed E-state index contributed by atoms with van der Waals surface area (Å²) in [7, 11) is 0. The number of nitrogens with zero attached hydrogens (tertiary/aromatic N) is 1. The average Bonchev–Trinajstić information content (AvgIpc) is 2.96. The highest BCUT2D eigenvalue weighted by atomic mass is 32.1. The van der Waals surface area contributed by atoms with Crippen LogP contribution in [-0.2, 0) is 4.79 Å². The van der Waals surface area contributed by atoms with Crippen molar-refractivity contribution in [3.05, 3.63) is 22.4 Å². The Labute approximate surface area is 125 Å². The Morgan fingerprint density at radius 3 is 2.80 bits per heavy atom. The van der Waals surface area contributed by atoms with Crippen LogP contribution in [0.3, 0.4) is 0 Å². The summed E-state index contributed by atoms with van der Waals surface area (Å²) in [6, 6.07) is 4.38. The summed E-state index contributed by atoms with van der Waals surface area (Å²) >= 11 is 1.77. The molecule has 0 unspecified atom stereocenters. The molecule has 1 aromatic rings. The van der Waals surface area contributed by atoms with Gasteiger partial charge in [-0.05, 0) is 56.1 Å². The van der Waals surface area contributed by atoms with Crippen LogP contribution < -0.4 is 5.32 Å². The SMILES string of the molecule is C[C@H](CNC(=O)[C@@H](C1CC1)N1CCCC1)c1cccs1. The molecule has 2 atom stereocenters. The third-order valence-corrected chi connectivity index (χ3v) is 5.59. The summed E-state index contributed by atoms with van der Waals surface area (Å²) in [5.74, 6) is 1.29. The number of hydrogen-bond acceptors (Lipinski definition) is 3. The Morgan fingerprint density at radius 1 is 1.45 bits per heavy atom. The van der Waals surface area contributed by atoms with Crippen molar-refractivity contribution in [3.8, 4) is 0 Å². The van der Waals surface area contributed by atoms with Gasteiger partial charge in [-0.3, -0.25) is 9.69 Å². The summed E-state index contributed by atoms with van der Waals surface area (Å²) in [6.07, 6.45) is 4.97. The normalized spacial score (nSPS) is 22.6. The minimum atomic E-state index is 0.146. The molecule has 3 nitrogen and oxygen atoms in total. The first kappa shape index (κ1) is 14.1. The van der Waals surface area contributed by atoms with E-state index in [1.165, 1.54) is 30.6 Å². The van der Waals surface area contributed by atoms with Gasteiger partial charge in [0.25, 0.3) is 0 Å². The summed E-state index contributed by atoms with van der Waals surface area (Å²) in [4.78, 5) is 16.3. The number of thiophene rings is 1. The van der Waals surface area contributed by atoms with Crippen LogP contribution in [0.1, 0.15) is 43.4 Å². The molecule has 1 aliphatic carbocycles. The summed E-state index contributed by atoms with van der Waals surface area (Å²) in [6.45, 7) is 5.16. The minimum Gasteiger partial charge on any atom is -0.354 e. The Morgan fingerprint density at radius 2 is 2.20 bits per heavy atom. The molecule has 0 spiro atoms. The second-order valence-corrected chi connectivity index (χ2v) is 7.17.